The van der Waals surface area contributed by atoms with Gasteiger partial charge in [0, 0.05) is 12.8 Å². The van der Waals surface area contributed by atoms with Crippen molar-refractivity contribution in [1.29, 1.82) is 0 Å². The molecule has 0 aliphatic heterocycles. The summed E-state index contributed by atoms with van der Waals surface area (Å²) in [5.41, 5.74) is 5.15. The molecule has 2 aliphatic carbocycles. The van der Waals surface area contributed by atoms with Crippen LogP contribution in [0.15, 0.2) is 41.4 Å². The standard InChI is InChI=1S/C20H20F3N3O4S/c1-11-5-6-12(13-10-14(13)20(21,22)23)15(9-11)30-19(7-8-19)18(27)26-31(28,29)17-4-2-3-16(24)25-17/h2-6,9,13-14H,7-8,10H2,1H3,(H2,24,25)(H,26,27)/t13-,14+/m0/s1. The predicted octanol–water partition coefficient (Wildman–Crippen LogP) is 3.05. The first-order chi connectivity index (χ1) is 14.4. The van der Waals surface area contributed by atoms with Crippen LogP contribution in [0.5, 0.6) is 5.75 Å². The van der Waals surface area contributed by atoms with Gasteiger partial charge in [0.25, 0.3) is 15.9 Å². The number of aromatic nitrogens is 1. The number of alkyl halides is 3. The van der Waals surface area contributed by atoms with Gasteiger partial charge in [-0.1, -0.05) is 18.2 Å². The Morgan fingerprint density at radius 1 is 1.26 bits per heavy atom. The summed E-state index contributed by atoms with van der Waals surface area (Å²) < 4.78 is 71.9. The Balaban J connectivity index is 1.55. The van der Waals surface area contributed by atoms with E-state index >= 15 is 0 Å². The van der Waals surface area contributed by atoms with Gasteiger partial charge in [0.2, 0.25) is 0 Å². The number of amides is 1. The molecule has 2 fully saturated rings. The van der Waals surface area contributed by atoms with Gasteiger partial charge >= 0.3 is 6.18 Å². The van der Waals surface area contributed by atoms with Gasteiger partial charge in [-0.3, -0.25) is 4.79 Å². The Kier molecular flexibility index (Phi) is 4.91. The van der Waals surface area contributed by atoms with E-state index in [1.165, 1.54) is 18.2 Å². The number of nitrogen functional groups attached to an aromatic ring is 1. The smallest absolute Gasteiger partial charge is 0.392 e. The number of hydrogen-bond acceptors (Lipinski definition) is 6. The lowest BCUT2D eigenvalue weighted by Crippen LogP contribution is -2.43. The molecule has 166 valence electrons. The van der Waals surface area contributed by atoms with E-state index in [4.69, 9.17) is 10.5 Å². The van der Waals surface area contributed by atoms with Gasteiger partial charge in [0.1, 0.15) is 11.6 Å². The van der Waals surface area contributed by atoms with Crippen LogP contribution < -0.4 is 15.2 Å². The van der Waals surface area contributed by atoms with E-state index in [1.807, 2.05) is 4.72 Å². The second-order valence-corrected chi connectivity index (χ2v) is 9.59. The molecule has 31 heavy (non-hydrogen) atoms. The summed E-state index contributed by atoms with van der Waals surface area (Å²) >= 11 is 0. The number of pyridine rings is 1. The molecule has 11 heteroatoms. The minimum absolute atomic E-state index is 0.0271. The van der Waals surface area contributed by atoms with Gasteiger partial charge < -0.3 is 10.5 Å². The van der Waals surface area contributed by atoms with Gasteiger partial charge in [-0.05, 0) is 48.6 Å². The molecule has 1 amide bonds. The Bertz CT molecular complexity index is 1150. The summed E-state index contributed by atoms with van der Waals surface area (Å²) in [7, 11) is -4.29. The molecule has 4 rings (SSSR count). The zero-order valence-corrected chi connectivity index (χ0v) is 17.3. The van der Waals surface area contributed by atoms with Crippen LogP contribution in [0.2, 0.25) is 0 Å². The molecule has 0 spiro atoms. The summed E-state index contributed by atoms with van der Waals surface area (Å²) in [5, 5.41) is -0.418. The lowest BCUT2D eigenvalue weighted by atomic mass is 10.0. The molecule has 0 saturated heterocycles. The highest BCUT2D eigenvalue weighted by Crippen LogP contribution is 2.58. The zero-order chi connectivity index (χ0) is 22.6. The predicted molar refractivity (Wildman–Crippen MR) is 105 cm³/mol. The number of nitrogens with one attached hydrogen (secondary N) is 1. The number of ether oxygens (including phenoxy) is 1. The average Bonchev–Trinajstić information content (AvgIpc) is 3.56. The number of aryl methyl sites for hydroxylation is 1. The molecule has 2 aliphatic rings. The van der Waals surface area contributed by atoms with Gasteiger partial charge in [-0.2, -0.15) is 21.6 Å². The molecule has 1 aromatic carbocycles. The molecular formula is C20H20F3N3O4S. The summed E-state index contributed by atoms with van der Waals surface area (Å²) in [6.07, 6.45) is -3.88. The fourth-order valence-electron chi connectivity index (χ4n) is 3.48. The largest absolute Gasteiger partial charge is 0.477 e. The number of benzene rings is 1. The lowest BCUT2D eigenvalue weighted by molar-refractivity contribution is -0.148. The SMILES string of the molecule is Cc1ccc([C@@H]2C[C@H]2C(F)(F)F)c(OC2(C(=O)NS(=O)(=O)c3cccc(N)n3)CC2)c1. The van der Waals surface area contributed by atoms with Crippen LogP contribution in [0.4, 0.5) is 19.0 Å². The third-order valence-electron chi connectivity index (χ3n) is 5.45. The monoisotopic (exact) mass is 455 g/mol. The molecule has 0 bridgehead atoms. The second-order valence-electron chi connectivity index (χ2n) is 7.96. The van der Waals surface area contributed by atoms with Crippen LogP contribution >= 0.6 is 0 Å². The fraction of sp³-hybridized carbons (Fsp3) is 0.400. The molecule has 2 atom stereocenters. The molecule has 7 nitrogen and oxygen atoms in total. The maximum Gasteiger partial charge on any atom is 0.392 e. The average molecular weight is 455 g/mol. The van der Waals surface area contributed by atoms with E-state index in [0.717, 1.165) is 5.56 Å². The third kappa shape index (κ3) is 4.32. The van der Waals surface area contributed by atoms with E-state index in [2.05, 4.69) is 4.98 Å². The number of anilines is 1. The Morgan fingerprint density at radius 3 is 2.55 bits per heavy atom. The van der Waals surface area contributed by atoms with Crippen LogP contribution in [0, 0.1) is 12.8 Å². The first-order valence-corrected chi connectivity index (χ1v) is 11.1. The van der Waals surface area contributed by atoms with Crippen molar-refractivity contribution in [3.63, 3.8) is 0 Å². The van der Waals surface area contributed by atoms with E-state index < -0.39 is 44.6 Å². The van der Waals surface area contributed by atoms with E-state index in [-0.39, 0.29) is 30.8 Å². The molecule has 1 aromatic heterocycles. The summed E-state index contributed by atoms with van der Waals surface area (Å²) in [5.74, 6) is -2.94. The second kappa shape index (κ2) is 7.11. The van der Waals surface area contributed by atoms with Crippen LogP contribution in [-0.2, 0) is 14.8 Å². The summed E-state index contributed by atoms with van der Waals surface area (Å²) in [6.45, 7) is 1.75. The number of nitrogens with zero attached hydrogens (tertiary/aromatic N) is 1. The maximum atomic E-state index is 13.1. The molecular weight excluding hydrogens is 435 g/mol. The third-order valence-corrected chi connectivity index (χ3v) is 6.68. The first kappa shape index (κ1) is 21.4. The van der Waals surface area contributed by atoms with Crippen molar-refractivity contribution in [2.45, 2.75) is 48.9 Å². The highest BCUT2D eigenvalue weighted by Gasteiger charge is 2.58. The molecule has 2 saturated carbocycles. The number of halogens is 3. The number of hydrogen-bond donors (Lipinski definition) is 2. The molecule has 3 N–H and O–H groups in total. The summed E-state index contributed by atoms with van der Waals surface area (Å²) in [6, 6.07) is 8.80. The number of rotatable bonds is 6. The first-order valence-electron chi connectivity index (χ1n) is 9.57. The van der Waals surface area contributed by atoms with Crippen molar-refractivity contribution in [2.24, 2.45) is 5.92 Å². The van der Waals surface area contributed by atoms with Gasteiger partial charge in [0.15, 0.2) is 10.6 Å². The van der Waals surface area contributed by atoms with Crippen LogP contribution in [0.3, 0.4) is 0 Å². The molecule has 0 radical (unpaired) electrons. The van der Waals surface area contributed by atoms with Crippen molar-refractivity contribution >= 4 is 21.7 Å². The fourth-order valence-corrected chi connectivity index (χ4v) is 4.50. The van der Waals surface area contributed by atoms with Crippen molar-refractivity contribution < 1.29 is 31.1 Å². The van der Waals surface area contributed by atoms with Gasteiger partial charge in [-0.15, -0.1) is 0 Å². The van der Waals surface area contributed by atoms with Crippen molar-refractivity contribution in [3.05, 3.63) is 47.5 Å². The highest BCUT2D eigenvalue weighted by atomic mass is 32.2. The van der Waals surface area contributed by atoms with Crippen LogP contribution in [0.1, 0.15) is 36.3 Å². The van der Waals surface area contributed by atoms with Crippen LogP contribution in [0.25, 0.3) is 0 Å². The Labute approximate surface area is 176 Å². The van der Waals surface area contributed by atoms with Gasteiger partial charge in [0.05, 0.1) is 5.92 Å². The molecule has 2 aromatic rings. The number of sulfonamides is 1. The number of nitrogens with two attached hydrogens (primary N) is 1. The minimum atomic E-state index is -4.31. The normalized spacial score (nSPS) is 21.9. The Hall–Kier alpha value is -2.82. The molecule has 1 heterocycles. The van der Waals surface area contributed by atoms with E-state index in [0.29, 0.717) is 5.56 Å². The van der Waals surface area contributed by atoms with Gasteiger partial charge in [-0.25, -0.2) is 9.71 Å². The van der Waals surface area contributed by atoms with Crippen molar-refractivity contribution in [1.82, 2.24) is 9.71 Å². The number of carbonyl (C=O) groups is 1. The molecule has 0 unspecified atom stereocenters. The maximum absolute atomic E-state index is 13.1. The zero-order valence-electron chi connectivity index (χ0n) is 16.4. The minimum Gasteiger partial charge on any atom is -0.477 e. The van der Waals surface area contributed by atoms with Crippen molar-refractivity contribution in [3.8, 4) is 5.75 Å². The van der Waals surface area contributed by atoms with Crippen molar-refractivity contribution in [2.75, 3.05) is 5.73 Å². The van der Waals surface area contributed by atoms with E-state index in [1.54, 1.807) is 25.1 Å². The topological polar surface area (TPSA) is 111 Å². The van der Waals surface area contributed by atoms with E-state index in [9.17, 15) is 26.4 Å². The Morgan fingerprint density at radius 2 is 1.97 bits per heavy atom. The highest BCUT2D eigenvalue weighted by molar-refractivity contribution is 7.90. The number of carbonyl (C=O) groups excluding carboxylic acids is 1. The summed E-state index contributed by atoms with van der Waals surface area (Å²) in [4.78, 5) is 16.5. The van der Waals surface area contributed by atoms with Crippen LogP contribution in [-0.4, -0.2) is 31.1 Å². The quantitative estimate of drug-likeness (QED) is 0.693. The lowest BCUT2D eigenvalue weighted by Gasteiger charge is -2.20.